The van der Waals surface area contributed by atoms with Crippen LogP contribution >= 0.6 is 0 Å². The van der Waals surface area contributed by atoms with Gasteiger partial charge in [-0.25, -0.2) is 13.4 Å². The molecule has 0 unspecified atom stereocenters. The Hall–Kier alpha value is -3.30. The third kappa shape index (κ3) is 5.43. The average Bonchev–Trinajstić information content (AvgIpc) is 3.13. The highest BCUT2D eigenvalue weighted by Crippen LogP contribution is 2.21. The largest absolute Gasteiger partial charge is 0.335 e. The van der Waals surface area contributed by atoms with E-state index in [9.17, 15) is 18.0 Å². The molecule has 2 heterocycles. The van der Waals surface area contributed by atoms with Crippen molar-refractivity contribution in [3.63, 3.8) is 0 Å². The summed E-state index contributed by atoms with van der Waals surface area (Å²) in [6.45, 7) is 1.26. The molecule has 1 saturated heterocycles. The van der Waals surface area contributed by atoms with Crippen molar-refractivity contribution in [2.75, 3.05) is 20.1 Å². The molecular formula is C25H28N4O4S. The van der Waals surface area contributed by atoms with Crippen LogP contribution in [-0.2, 0) is 21.4 Å². The number of sulfonamides is 1. The Bertz CT molecular complexity index is 1360. The van der Waals surface area contributed by atoms with Gasteiger partial charge in [0.2, 0.25) is 15.9 Å². The first-order valence-corrected chi connectivity index (χ1v) is 12.8. The standard InChI is InChI=1S/C25H28N4O4S/c1-28(18-23-26-22-9-5-4-8-21(22)25(31)27-23)24(30)15-12-19-10-13-20(14-11-19)34(32,33)29-16-6-2-3-7-17-29/h4-5,8-15H,2-3,6-7,16-18H2,1H3,(H,26,27,31). The molecule has 1 fully saturated rings. The van der Waals surface area contributed by atoms with Gasteiger partial charge >= 0.3 is 0 Å². The normalized spacial score (nSPS) is 15.4. The molecule has 8 nitrogen and oxygen atoms in total. The second-order valence-corrected chi connectivity index (χ2v) is 10.4. The number of likely N-dealkylation sites (N-methyl/N-ethyl adjacent to an activating group) is 1. The number of carbonyl (C=O) groups is 1. The van der Waals surface area contributed by atoms with Gasteiger partial charge in [-0.3, -0.25) is 9.59 Å². The fourth-order valence-electron chi connectivity index (χ4n) is 3.99. The van der Waals surface area contributed by atoms with Crippen LogP contribution in [0, 0.1) is 0 Å². The van der Waals surface area contributed by atoms with E-state index in [1.807, 2.05) is 0 Å². The van der Waals surface area contributed by atoms with E-state index in [0.29, 0.717) is 35.4 Å². The van der Waals surface area contributed by atoms with Crippen LogP contribution in [0.4, 0.5) is 0 Å². The monoisotopic (exact) mass is 480 g/mol. The van der Waals surface area contributed by atoms with E-state index >= 15 is 0 Å². The van der Waals surface area contributed by atoms with Crippen LogP contribution in [0.3, 0.4) is 0 Å². The molecule has 4 rings (SSSR count). The van der Waals surface area contributed by atoms with Gasteiger partial charge in [0.05, 0.1) is 22.3 Å². The first-order chi connectivity index (χ1) is 16.3. The van der Waals surface area contributed by atoms with Crippen LogP contribution in [0.15, 0.2) is 64.3 Å². The summed E-state index contributed by atoms with van der Waals surface area (Å²) in [5, 5.41) is 0.501. The van der Waals surface area contributed by atoms with E-state index in [2.05, 4.69) is 9.97 Å². The van der Waals surface area contributed by atoms with Crippen molar-refractivity contribution in [3.8, 4) is 0 Å². The summed E-state index contributed by atoms with van der Waals surface area (Å²) in [7, 11) is -1.88. The summed E-state index contributed by atoms with van der Waals surface area (Å²) in [5.74, 6) is 0.132. The number of nitrogens with zero attached hydrogens (tertiary/aromatic N) is 3. The number of aromatic nitrogens is 2. The fraction of sp³-hybridized carbons (Fsp3) is 0.320. The van der Waals surface area contributed by atoms with Crippen molar-refractivity contribution in [3.05, 3.63) is 76.3 Å². The zero-order valence-corrected chi connectivity index (χ0v) is 19.9. The highest BCUT2D eigenvalue weighted by Gasteiger charge is 2.24. The molecule has 1 aliphatic heterocycles. The lowest BCUT2D eigenvalue weighted by Gasteiger charge is -2.19. The lowest BCUT2D eigenvalue weighted by atomic mass is 10.2. The van der Waals surface area contributed by atoms with Crippen molar-refractivity contribution in [1.82, 2.24) is 19.2 Å². The summed E-state index contributed by atoms with van der Waals surface area (Å²) < 4.78 is 27.4. The van der Waals surface area contributed by atoms with Crippen molar-refractivity contribution >= 4 is 32.9 Å². The van der Waals surface area contributed by atoms with Gasteiger partial charge < -0.3 is 9.88 Å². The topological polar surface area (TPSA) is 103 Å². The second-order valence-electron chi connectivity index (χ2n) is 8.44. The molecule has 2 aromatic carbocycles. The number of nitrogens with one attached hydrogen (secondary N) is 1. The smallest absolute Gasteiger partial charge is 0.258 e. The van der Waals surface area contributed by atoms with Crippen LogP contribution in [0.25, 0.3) is 17.0 Å². The minimum absolute atomic E-state index is 0.149. The second kappa shape index (κ2) is 10.3. The van der Waals surface area contributed by atoms with Crippen molar-refractivity contribution < 1.29 is 13.2 Å². The predicted octanol–water partition coefficient (Wildman–Crippen LogP) is 3.16. The quantitative estimate of drug-likeness (QED) is 0.546. The molecule has 1 aliphatic rings. The Kier molecular flexibility index (Phi) is 7.23. The van der Waals surface area contributed by atoms with E-state index in [4.69, 9.17) is 0 Å². The number of benzene rings is 2. The number of aromatic amines is 1. The number of amides is 1. The molecular weight excluding hydrogens is 452 g/mol. The Balaban J connectivity index is 1.41. The SMILES string of the molecule is CN(Cc1nc2ccccc2c(=O)[nH]1)C(=O)C=Cc1ccc(S(=O)(=O)N2CCCCCC2)cc1. The number of fused-ring (bicyclic) bond motifs is 1. The van der Waals surface area contributed by atoms with E-state index in [1.165, 1.54) is 11.0 Å². The summed E-state index contributed by atoms with van der Waals surface area (Å²) in [5.41, 5.74) is 1.05. The molecule has 178 valence electrons. The van der Waals surface area contributed by atoms with Crippen molar-refractivity contribution in [2.24, 2.45) is 0 Å². The first kappa shape index (κ1) is 23.8. The number of hydrogen-bond donors (Lipinski definition) is 1. The summed E-state index contributed by atoms with van der Waals surface area (Å²) in [6, 6.07) is 13.6. The molecule has 0 aliphatic carbocycles. The molecule has 1 amide bonds. The maximum atomic E-state index is 12.9. The number of carbonyl (C=O) groups excluding carboxylic acids is 1. The highest BCUT2D eigenvalue weighted by molar-refractivity contribution is 7.89. The number of rotatable bonds is 6. The lowest BCUT2D eigenvalue weighted by molar-refractivity contribution is -0.125. The van der Waals surface area contributed by atoms with Gasteiger partial charge in [0.15, 0.2) is 0 Å². The summed E-state index contributed by atoms with van der Waals surface area (Å²) in [4.78, 5) is 33.6. The average molecular weight is 481 g/mol. The molecule has 0 radical (unpaired) electrons. The molecule has 1 aromatic heterocycles. The van der Waals surface area contributed by atoms with Gasteiger partial charge in [0, 0.05) is 26.2 Å². The molecule has 0 saturated carbocycles. The number of H-pyrrole nitrogens is 1. The Morgan fingerprint density at radius 2 is 1.74 bits per heavy atom. The number of para-hydroxylation sites is 1. The van der Waals surface area contributed by atoms with E-state index in [0.717, 1.165) is 25.7 Å². The van der Waals surface area contributed by atoms with Gasteiger partial charge in [-0.05, 0) is 48.7 Å². The Morgan fingerprint density at radius 3 is 2.44 bits per heavy atom. The van der Waals surface area contributed by atoms with E-state index in [-0.39, 0.29) is 22.9 Å². The van der Waals surface area contributed by atoms with Gasteiger partial charge in [-0.2, -0.15) is 4.31 Å². The Morgan fingerprint density at radius 1 is 1.06 bits per heavy atom. The third-order valence-electron chi connectivity index (χ3n) is 5.93. The van der Waals surface area contributed by atoms with Gasteiger partial charge in [-0.15, -0.1) is 0 Å². The molecule has 0 spiro atoms. The van der Waals surface area contributed by atoms with Gasteiger partial charge in [0.1, 0.15) is 5.82 Å². The van der Waals surface area contributed by atoms with Crippen molar-refractivity contribution in [2.45, 2.75) is 37.1 Å². The molecule has 0 atom stereocenters. The van der Waals surface area contributed by atoms with Crippen LogP contribution in [0.5, 0.6) is 0 Å². The van der Waals surface area contributed by atoms with Crippen LogP contribution in [-0.4, -0.2) is 53.6 Å². The van der Waals surface area contributed by atoms with Gasteiger partial charge in [-0.1, -0.05) is 37.1 Å². The lowest BCUT2D eigenvalue weighted by Crippen LogP contribution is -2.31. The maximum absolute atomic E-state index is 12.9. The molecule has 34 heavy (non-hydrogen) atoms. The van der Waals surface area contributed by atoms with Gasteiger partial charge in [0.25, 0.3) is 5.56 Å². The third-order valence-corrected chi connectivity index (χ3v) is 7.84. The zero-order chi connectivity index (χ0) is 24.1. The van der Waals surface area contributed by atoms with Crippen LogP contribution in [0.1, 0.15) is 37.1 Å². The van der Waals surface area contributed by atoms with Crippen LogP contribution < -0.4 is 5.56 Å². The molecule has 1 N–H and O–H groups in total. The summed E-state index contributed by atoms with van der Waals surface area (Å²) >= 11 is 0. The van der Waals surface area contributed by atoms with Crippen molar-refractivity contribution in [1.29, 1.82) is 0 Å². The minimum Gasteiger partial charge on any atom is -0.335 e. The Labute approximate surface area is 199 Å². The van der Waals surface area contributed by atoms with E-state index < -0.39 is 10.0 Å². The number of hydrogen-bond acceptors (Lipinski definition) is 5. The fourth-order valence-corrected chi connectivity index (χ4v) is 5.51. The molecule has 3 aromatic rings. The summed E-state index contributed by atoms with van der Waals surface area (Å²) in [6.07, 6.45) is 6.95. The maximum Gasteiger partial charge on any atom is 0.258 e. The first-order valence-electron chi connectivity index (χ1n) is 11.4. The molecule has 0 bridgehead atoms. The highest BCUT2D eigenvalue weighted by atomic mass is 32.2. The predicted molar refractivity (Wildman–Crippen MR) is 132 cm³/mol. The van der Waals surface area contributed by atoms with Crippen LogP contribution in [0.2, 0.25) is 0 Å². The zero-order valence-electron chi connectivity index (χ0n) is 19.1. The minimum atomic E-state index is -3.50. The molecule has 9 heteroatoms. The van der Waals surface area contributed by atoms with E-state index in [1.54, 1.807) is 66.0 Å².